The third-order valence-electron chi connectivity index (χ3n) is 3.84. The lowest BCUT2D eigenvalue weighted by atomic mass is 10.1. The predicted molar refractivity (Wildman–Crippen MR) is 92.9 cm³/mol. The summed E-state index contributed by atoms with van der Waals surface area (Å²) in [6.45, 7) is 1.77. The summed E-state index contributed by atoms with van der Waals surface area (Å²) in [7, 11) is 0. The Hall–Kier alpha value is -2.33. The van der Waals surface area contributed by atoms with Gasteiger partial charge in [0.1, 0.15) is 0 Å². The van der Waals surface area contributed by atoms with Crippen LogP contribution in [0.2, 0.25) is 0 Å². The molecule has 0 radical (unpaired) electrons. The third kappa shape index (κ3) is 5.11. The lowest BCUT2D eigenvalue weighted by molar-refractivity contribution is 0.106. The molecule has 4 heteroatoms. The number of nitrogens with one attached hydrogen (secondary N) is 1. The van der Waals surface area contributed by atoms with Crippen LogP contribution in [0.4, 0.5) is 0 Å². The molecule has 1 fully saturated rings. The molecule has 0 spiro atoms. The summed E-state index contributed by atoms with van der Waals surface area (Å²) in [5.74, 6) is 0.535. The Kier molecular flexibility index (Phi) is 5.27. The van der Waals surface area contributed by atoms with Gasteiger partial charge in [-0.2, -0.15) is 0 Å². The molecule has 0 saturated heterocycles. The van der Waals surface area contributed by atoms with Crippen molar-refractivity contribution in [3.8, 4) is 0 Å². The van der Waals surface area contributed by atoms with Crippen LogP contribution in [0.15, 0.2) is 59.6 Å². The van der Waals surface area contributed by atoms with E-state index in [1.807, 2.05) is 30.3 Å². The van der Waals surface area contributed by atoms with Crippen LogP contribution in [-0.2, 0) is 24.5 Å². The Labute approximate surface area is 137 Å². The van der Waals surface area contributed by atoms with Crippen LogP contribution in [0.5, 0.6) is 0 Å². The van der Waals surface area contributed by atoms with E-state index in [9.17, 15) is 0 Å². The molecule has 0 heterocycles. The fraction of sp³-hybridized carbons (Fsp3) is 0.316. The molecule has 0 aliphatic heterocycles. The fourth-order valence-corrected chi connectivity index (χ4v) is 2.36. The van der Waals surface area contributed by atoms with E-state index in [2.05, 4.69) is 34.6 Å². The van der Waals surface area contributed by atoms with E-state index in [0.717, 1.165) is 11.1 Å². The summed E-state index contributed by atoms with van der Waals surface area (Å²) in [4.78, 5) is 4.43. The maximum Gasteiger partial charge on any atom is 0.189 e. The maximum atomic E-state index is 5.90. The molecule has 3 N–H and O–H groups in total. The van der Waals surface area contributed by atoms with Crippen LogP contribution >= 0.6 is 0 Å². The van der Waals surface area contributed by atoms with Gasteiger partial charge in [0.15, 0.2) is 5.96 Å². The van der Waals surface area contributed by atoms with Gasteiger partial charge in [-0.1, -0.05) is 54.6 Å². The average Bonchev–Trinajstić information content (AvgIpc) is 3.39. The van der Waals surface area contributed by atoms with Crippen molar-refractivity contribution in [1.82, 2.24) is 5.32 Å². The van der Waals surface area contributed by atoms with Gasteiger partial charge in [-0.15, -0.1) is 0 Å². The number of aliphatic imine (C=N–C) groups is 1. The number of rotatable bonds is 7. The quantitative estimate of drug-likeness (QED) is 0.610. The molecule has 0 aromatic heterocycles. The number of hydrogen-bond donors (Lipinski definition) is 2. The second kappa shape index (κ2) is 7.79. The first-order valence-corrected chi connectivity index (χ1v) is 8.06. The third-order valence-corrected chi connectivity index (χ3v) is 3.84. The van der Waals surface area contributed by atoms with Crippen molar-refractivity contribution in [3.63, 3.8) is 0 Å². The zero-order valence-electron chi connectivity index (χ0n) is 13.2. The standard InChI is InChI=1S/C19H23N3O/c20-19(22-18-10-11-18)21-12-16-8-4-5-9-17(16)14-23-13-15-6-2-1-3-7-15/h1-9,18H,10-14H2,(H3,20,21,22). The van der Waals surface area contributed by atoms with Crippen molar-refractivity contribution in [3.05, 3.63) is 71.3 Å². The Morgan fingerprint density at radius 1 is 1.00 bits per heavy atom. The number of guanidine groups is 1. The number of hydrogen-bond acceptors (Lipinski definition) is 2. The predicted octanol–water partition coefficient (Wildman–Crippen LogP) is 2.97. The number of ether oxygens (including phenoxy) is 1. The van der Waals surface area contributed by atoms with E-state index in [0.29, 0.717) is 31.8 Å². The van der Waals surface area contributed by atoms with E-state index < -0.39 is 0 Å². The van der Waals surface area contributed by atoms with E-state index in [1.54, 1.807) is 0 Å². The van der Waals surface area contributed by atoms with Crippen LogP contribution in [-0.4, -0.2) is 12.0 Å². The molecule has 1 aliphatic rings. The van der Waals surface area contributed by atoms with Gasteiger partial charge in [0, 0.05) is 6.04 Å². The normalized spacial score (nSPS) is 14.7. The zero-order chi connectivity index (χ0) is 15.9. The minimum Gasteiger partial charge on any atom is -0.372 e. The number of nitrogens with two attached hydrogens (primary N) is 1. The van der Waals surface area contributed by atoms with Gasteiger partial charge < -0.3 is 15.8 Å². The Morgan fingerprint density at radius 2 is 1.70 bits per heavy atom. The first-order valence-electron chi connectivity index (χ1n) is 8.06. The summed E-state index contributed by atoms with van der Waals surface area (Å²) in [5, 5.41) is 3.20. The molecule has 120 valence electrons. The lowest BCUT2D eigenvalue weighted by Crippen LogP contribution is -2.33. The summed E-state index contributed by atoms with van der Waals surface area (Å²) < 4.78 is 5.83. The van der Waals surface area contributed by atoms with Gasteiger partial charge in [0.2, 0.25) is 0 Å². The maximum absolute atomic E-state index is 5.90. The van der Waals surface area contributed by atoms with E-state index in [-0.39, 0.29) is 0 Å². The van der Waals surface area contributed by atoms with Gasteiger partial charge >= 0.3 is 0 Å². The highest BCUT2D eigenvalue weighted by molar-refractivity contribution is 5.78. The van der Waals surface area contributed by atoms with Gasteiger partial charge in [-0.25, -0.2) is 4.99 Å². The summed E-state index contributed by atoms with van der Waals surface area (Å²) >= 11 is 0. The van der Waals surface area contributed by atoms with Gasteiger partial charge in [0.25, 0.3) is 0 Å². The van der Waals surface area contributed by atoms with Gasteiger partial charge in [0.05, 0.1) is 19.8 Å². The van der Waals surface area contributed by atoms with E-state index in [1.165, 1.54) is 18.4 Å². The number of benzene rings is 2. The fourth-order valence-electron chi connectivity index (χ4n) is 2.36. The molecular weight excluding hydrogens is 286 g/mol. The molecular formula is C19H23N3O. The highest BCUT2D eigenvalue weighted by atomic mass is 16.5. The molecule has 4 nitrogen and oxygen atoms in total. The molecule has 2 aromatic rings. The van der Waals surface area contributed by atoms with Crippen LogP contribution in [0.3, 0.4) is 0 Å². The topological polar surface area (TPSA) is 59.6 Å². The minimum atomic E-state index is 0.531. The lowest BCUT2D eigenvalue weighted by Gasteiger charge is -2.09. The molecule has 1 aliphatic carbocycles. The van der Waals surface area contributed by atoms with Crippen LogP contribution in [0.1, 0.15) is 29.5 Å². The molecule has 0 bridgehead atoms. The van der Waals surface area contributed by atoms with Crippen molar-refractivity contribution in [2.45, 2.75) is 38.6 Å². The first kappa shape index (κ1) is 15.6. The van der Waals surface area contributed by atoms with Gasteiger partial charge in [-0.05, 0) is 29.5 Å². The minimum absolute atomic E-state index is 0.531. The Bertz CT molecular complexity index is 651. The summed E-state index contributed by atoms with van der Waals surface area (Å²) in [5.41, 5.74) is 9.39. The molecule has 2 aromatic carbocycles. The Morgan fingerprint density at radius 3 is 2.43 bits per heavy atom. The SMILES string of the molecule is NC(=NCc1ccccc1COCc1ccccc1)NC1CC1. The van der Waals surface area contributed by atoms with Crippen molar-refractivity contribution in [2.24, 2.45) is 10.7 Å². The Balaban J connectivity index is 1.54. The van der Waals surface area contributed by atoms with Gasteiger partial charge in [-0.3, -0.25) is 0 Å². The van der Waals surface area contributed by atoms with Crippen LogP contribution < -0.4 is 11.1 Å². The molecule has 1 saturated carbocycles. The molecule has 3 rings (SSSR count). The second-order valence-electron chi connectivity index (χ2n) is 5.87. The molecule has 0 unspecified atom stereocenters. The van der Waals surface area contributed by atoms with Crippen molar-refractivity contribution >= 4 is 5.96 Å². The highest BCUT2D eigenvalue weighted by Gasteiger charge is 2.21. The van der Waals surface area contributed by atoms with E-state index in [4.69, 9.17) is 10.5 Å². The van der Waals surface area contributed by atoms with Crippen molar-refractivity contribution in [1.29, 1.82) is 0 Å². The zero-order valence-corrected chi connectivity index (χ0v) is 13.2. The first-order chi connectivity index (χ1) is 11.3. The highest BCUT2D eigenvalue weighted by Crippen LogP contribution is 2.18. The molecule has 0 amide bonds. The second-order valence-corrected chi connectivity index (χ2v) is 5.87. The number of nitrogens with zero attached hydrogens (tertiary/aromatic N) is 1. The summed E-state index contributed by atoms with van der Waals surface area (Å²) in [6.07, 6.45) is 2.39. The van der Waals surface area contributed by atoms with Crippen LogP contribution in [0, 0.1) is 0 Å². The monoisotopic (exact) mass is 309 g/mol. The van der Waals surface area contributed by atoms with Crippen LogP contribution in [0.25, 0.3) is 0 Å². The largest absolute Gasteiger partial charge is 0.372 e. The average molecular weight is 309 g/mol. The molecule has 23 heavy (non-hydrogen) atoms. The van der Waals surface area contributed by atoms with E-state index >= 15 is 0 Å². The summed E-state index contributed by atoms with van der Waals surface area (Å²) in [6, 6.07) is 18.9. The smallest absolute Gasteiger partial charge is 0.189 e. The van der Waals surface area contributed by atoms with Crippen molar-refractivity contribution < 1.29 is 4.74 Å². The molecule has 0 atom stereocenters. The van der Waals surface area contributed by atoms with Crippen molar-refractivity contribution in [2.75, 3.05) is 0 Å².